The van der Waals surface area contributed by atoms with Gasteiger partial charge in [0.15, 0.2) is 0 Å². The molecule has 98 valence electrons. The van der Waals surface area contributed by atoms with E-state index in [4.69, 9.17) is 10.8 Å². The van der Waals surface area contributed by atoms with Crippen molar-refractivity contribution in [3.8, 4) is 0 Å². The van der Waals surface area contributed by atoms with Crippen molar-refractivity contribution in [2.75, 3.05) is 0 Å². The summed E-state index contributed by atoms with van der Waals surface area (Å²) in [5, 5.41) is 8.95. The number of hydrogen-bond donors (Lipinski definition) is 2. The van der Waals surface area contributed by atoms with E-state index in [0.717, 1.165) is 11.1 Å². The molecule has 0 amide bonds. The summed E-state index contributed by atoms with van der Waals surface area (Å²) in [7, 11) is 0. The van der Waals surface area contributed by atoms with Crippen molar-refractivity contribution in [2.24, 2.45) is 5.73 Å². The summed E-state index contributed by atoms with van der Waals surface area (Å²) in [6.07, 6.45) is -0.0472. The van der Waals surface area contributed by atoms with Crippen molar-refractivity contribution >= 4 is 5.97 Å². The van der Waals surface area contributed by atoms with Crippen LogP contribution < -0.4 is 5.73 Å². The van der Waals surface area contributed by atoms with E-state index in [1.54, 1.807) is 0 Å². The Balaban J connectivity index is 2.37. The second kappa shape index (κ2) is 6.16. The molecule has 0 aliphatic rings. The third kappa shape index (κ3) is 3.42. The minimum Gasteiger partial charge on any atom is -0.481 e. The highest BCUT2D eigenvalue weighted by Crippen LogP contribution is 2.28. The Morgan fingerprint density at radius 3 is 1.74 bits per heavy atom. The average molecular weight is 255 g/mol. The third-order valence-corrected chi connectivity index (χ3v) is 3.16. The number of nitrogens with two attached hydrogens (primary N) is 1. The van der Waals surface area contributed by atoms with Crippen molar-refractivity contribution in [3.05, 3.63) is 71.8 Å². The molecule has 0 aromatic heterocycles. The molecule has 0 aliphatic carbocycles. The lowest BCUT2D eigenvalue weighted by atomic mass is 9.84. The highest BCUT2D eigenvalue weighted by molar-refractivity contribution is 5.68. The molecular formula is C16H17NO2. The first-order valence-electron chi connectivity index (χ1n) is 6.25. The summed E-state index contributed by atoms with van der Waals surface area (Å²) >= 11 is 0. The highest BCUT2D eigenvalue weighted by Gasteiger charge is 2.23. The molecule has 2 aromatic rings. The Morgan fingerprint density at radius 1 is 0.947 bits per heavy atom. The van der Waals surface area contributed by atoms with Gasteiger partial charge in [0.25, 0.3) is 0 Å². The lowest BCUT2D eigenvalue weighted by Gasteiger charge is -2.23. The second-order valence-corrected chi connectivity index (χ2v) is 4.56. The van der Waals surface area contributed by atoms with E-state index in [1.165, 1.54) is 0 Å². The van der Waals surface area contributed by atoms with Crippen LogP contribution in [0.4, 0.5) is 0 Å². The van der Waals surface area contributed by atoms with Gasteiger partial charge >= 0.3 is 5.97 Å². The van der Waals surface area contributed by atoms with Gasteiger partial charge in [-0.3, -0.25) is 4.79 Å². The van der Waals surface area contributed by atoms with Gasteiger partial charge in [0.2, 0.25) is 0 Å². The molecule has 0 unspecified atom stereocenters. The van der Waals surface area contributed by atoms with Gasteiger partial charge in [-0.1, -0.05) is 60.7 Å². The van der Waals surface area contributed by atoms with Gasteiger partial charge in [0.1, 0.15) is 0 Å². The Hall–Kier alpha value is -2.13. The smallest absolute Gasteiger partial charge is 0.304 e. The molecule has 2 aromatic carbocycles. The Kier molecular flexibility index (Phi) is 4.31. The number of aliphatic carboxylic acids is 1. The molecule has 0 saturated carbocycles. The van der Waals surface area contributed by atoms with Crippen LogP contribution in [-0.2, 0) is 4.79 Å². The van der Waals surface area contributed by atoms with Crippen LogP contribution in [0.1, 0.15) is 23.5 Å². The van der Waals surface area contributed by atoms with Crippen LogP contribution in [0.25, 0.3) is 0 Å². The molecule has 2 rings (SSSR count). The van der Waals surface area contributed by atoms with Crippen molar-refractivity contribution in [1.82, 2.24) is 0 Å². The monoisotopic (exact) mass is 255 g/mol. The zero-order valence-corrected chi connectivity index (χ0v) is 10.6. The van der Waals surface area contributed by atoms with Crippen LogP contribution in [-0.4, -0.2) is 17.1 Å². The largest absolute Gasteiger partial charge is 0.481 e. The summed E-state index contributed by atoms with van der Waals surface area (Å²) in [4.78, 5) is 10.9. The average Bonchev–Trinajstić information content (AvgIpc) is 2.40. The lowest BCUT2D eigenvalue weighted by Crippen LogP contribution is -2.31. The third-order valence-electron chi connectivity index (χ3n) is 3.16. The van der Waals surface area contributed by atoms with Crippen molar-refractivity contribution in [3.63, 3.8) is 0 Å². The van der Waals surface area contributed by atoms with Gasteiger partial charge < -0.3 is 10.8 Å². The molecule has 3 N–H and O–H groups in total. The summed E-state index contributed by atoms with van der Waals surface area (Å²) in [5.41, 5.74) is 8.19. The minimum atomic E-state index is -0.871. The maximum absolute atomic E-state index is 10.9. The van der Waals surface area contributed by atoms with Crippen LogP contribution in [0, 0.1) is 0 Å². The Morgan fingerprint density at radius 2 is 1.37 bits per heavy atom. The number of carboxylic acid groups (broad SMARTS) is 1. The van der Waals surface area contributed by atoms with E-state index in [9.17, 15) is 4.79 Å². The van der Waals surface area contributed by atoms with Crippen LogP contribution in [0.2, 0.25) is 0 Å². The maximum Gasteiger partial charge on any atom is 0.304 e. The predicted octanol–water partition coefficient (Wildman–Crippen LogP) is 2.62. The van der Waals surface area contributed by atoms with Crippen LogP contribution in [0.3, 0.4) is 0 Å². The molecule has 3 heteroatoms. The Bertz CT molecular complexity index is 485. The van der Waals surface area contributed by atoms with Gasteiger partial charge in [-0.05, 0) is 11.1 Å². The Labute approximate surface area is 112 Å². The molecule has 0 spiro atoms. The molecule has 0 radical (unpaired) electrons. The van der Waals surface area contributed by atoms with Crippen molar-refractivity contribution in [2.45, 2.75) is 18.4 Å². The maximum atomic E-state index is 10.9. The zero-order chi connectivity index (χ0) is 13.7. The normalized spacial score (nSPS) is 12.3. The predicted molar refractivity (Wildman–Crippen MR) is 75.0 cm³/mol. The van der Waals surface area contributed by atoms with Gasteiger partial charge in [-0.25, -0.2) is 0 Å². The first-order valence-corrected chi connectivity index (χ1v) is 6.25. The quantitative estimate of drug-likeness (QED) is 0.863. The molecule has 1 atom stereocenters. The first-order chi connectivity index (χ1) is 9.18. The fourth-order valence-electron chi connectivity index (χ4n) is 2.33. The highest BCUT2D eigenvalue weighted by atomic mass is 16.4. The summed E-state index contributed by atoms with van der Waals surface area (Å²) in [6, 6.07) is 19.2. The van der Waals surface area contributed by atoms with Gasteiger partial charge in [0.05, 0.1) is 6.42 Å². The number of carboxylic acids is 1. The molecule has 0 saturated heterocycles. The topological polar surface area (TPSA) is 63.3 Å². The van der Waals surface area contributed by atoms with Gasteiger partial charge in [-0.15, -0.1) is 0 Å². The summed E-state index contributed by atoms with van der Waals surface area (Å²) in [5.74, 6) is -0.970. The van der Waals surface area contributed by atoms with Gasteiger partial charge in [-0.2, -0.15) is 0 Å². The summed E-state index contributed by atoms with van der Waals surface area (Å²) in [6.45, 7) is 0. The van der Waals surface area contributed by atoms with E-state index in [0.29, 0.717) is 0 Å². The molecule has 0 heterocycles. The zero-order valence-electron chi connectivity index (χ0n) is 10.6. The molecular weight excluding hydrogens is 238 g/mol. The molecule has 0 fully saturated rings. The van der Waals surface area contributed by atoms with Crippen molar-refractivity contribution < 1.29 is 9.90 Å². The van der Waals surface area contributed by atoms with Crippen LogP contribution in [0.15, 0.2) is 60.7 Å². The molecule has 0 aliphatic heterocycles. The SMILES string of the molecule is N[C@@H](CC(=O)O)C(c1ccccc1)c1ccccc1. The van der Waals surface area contributed by atoms with E-state index in [-0.39, 0.29) is 12.3 Å². The van der Waals surface area contributed by atoms with Crippen molar-refractivity contribution in [1.29, 1.82) is 0 Å². The number of rotatable bonds is 5. The fourth-order valence-corrected chi connectivity index (χ4v) is 2.33. The minimum absolute atomic E-state index is 0.0472. The van der Waals surface area contributed by atoms with Gasteiger partial charge in [0, 0.05) is 12.0 Å². The van der Waals surface area contributed by atoms with E-state index in [2.05, 4.69) is 0 Å². The molecule has 19 heavy (non-hydrogen) atoms. The van der Waals surface area contributed by atoms with E-state index >= 15 is 0 Å². The summed E-state index contributed by atoms with van der Waals surface area (Å²) < 4.78 is 0. The number of carbonyl (C=O) groups is 1. The molecule has 0 bridgehead atoms. The standard InChI is InChI=1S/C16H17NO2/c17-14(11-15(18)19)16(12-7-3-1-4-8-12)13-9-5-2-6-10-13/h1-10,14,16H,11,17H2,(H,18,19)/t14-/m0/s1. The number of hydrogen-bond acceptors (Lipinski definition) is 2. The van der Waals surface area contributed by atoms with Crippen LogP contribution >= 0.6 is 0 Å². The van der Waals surface area contributed by atoms with Crippen LogP contribution in [0.5, 0.6) is 0 Å². The number of benzene rings is 2. The van der Waals surface area contributed by atoms with E-state index < -0.39 is 12.0 Å². The second-order valence-electron chi connectivity index (χ2n) is 4.56. The first kappa shape index (κ1) is 13.3. The lowest BCUT2D eigenvalue weighted by molar-refractivity contribution is -0.137. The van der Waals surface area contributed by atoms with E-state index in [1.807, 2.05) is 60.7 Å². The fraction of sp³-hybridized carbons (Fsp3) is 0.188. The molecule has 3 nitrogen and oxygen atoms in total.